The monoisotopic (exact) mass is 448 g/mol. The third-order valence-electron chi connectivity index (χ3n) is 4.75. The molecule has 0 bridgehead atoms. The number of hydrogen-bond acceptors (Lipinski definition) is 7. The number of hydrogen-bond donors (Lipinski definition) is 1. The second-order valence-corrected chi connectivity index (χ2v) is 8.47. The van der Waals surface area contributed by atoms with Crippen LogP contribution in [-0.4, -0.2) is 41.1 Å². The molecular formula is C21H24N2O7S. The Balaban J connectivity index is 1.85. The number of methoxy groups -OCH3 is 2. The van der Waals surface area contributed by atoms with Crippen LogP contribution in [0, 0.1) is 0 Å². The average Bonchev–Trinajstić information content (AvgIpc) is 3.10. The molecule has 0 radical (unpaired) electrons. The standard InChI is InChI=1S/C21H24N2O7S/c1-4-30-19-11-14(5-7-18(19)29-3)13-22-31(26,27)15-6-8-17(28-2)16(12-15)23-20(24)9-10-21(23)25/h5-8,11-12,22H,4,9-10,13H2,1-3H3. The molecule has 1 fully saturated rings. The molecule has 2 amide bonds. The Morgan fingerprint density at radius 2 is 1.58 bits per heavy atom. The van der Waals surface area contributed by atoms with Gasteiger partial charge in [-0.25, -0.2) is 18.0 Å². The first kappa shape index (κ1) is 22.6. The molecule has 9 nitrogen and oxygen atoms in total. The van der Waals surface area contributed by atoms with Crippen LogP contribution in [0.15, 0.2) is 41.3 Å². The number of nitrogens with one attached hydrogen (secondary N) is 1. The lowest BCUT2D eigenvalue weighted by molar-refractivity contribution is -0.121. The van der Waals surface area contributed by atoms with Gasteiger partial charge in [0.15, 0.2) is 11.5 Å². The lowest BCUT2D eigenvalue weighted by atomic mass is 10.2. The number of sulfonamides is 1. The van der Waals surface area contributed by atoms with Crippen LogP contribution in [0.3, 0.4) is 0 Å². The topological polar surface area (TPSA) is 111 Å². The number of nitrogens with zero attached hydrogens (tertiary/aromatic N) is 1. The predicted molar refractivity (Wildman–Crippen MR) is 113 cm³/mol. The van der Waals surface area contributed by atoms with Gasteiger partial charge in [0, 0.05) is 19.4 Å². The van der Waals surface area contributed by atoms with E-state index in [2.05, 4.69) is 4.72 Å². The van der Waals surface area contributed by atoms with Gasteiger partial charge in [-0.1, -0.05) is 6.07 Å². The average molecular weight is 448 g/mol. The molecule has 0 spiro atoms. The summed E-state index contributed by atoms with van der Waals surface area (Å²) >= 11 is 0. The van der Waals surface area contributed by atoms with E-state index in [1.54, 1.807) is 18.2 Å². The van der Waals surface area contributed by atoms with E-state index in [1.165, 1.54) is 32.4 Å². The molecule has 1 N–H and O–H groups in total. The van der Waals surface area contributed by atoms with Gasteiger partial charge in [-0.3, -0.25) is 9.59 Å². The quantitative estimate of drug-likeness (QED) is 0.586. The third-order valence-corrected chi connectivity index (χ3v) is 6.15. The predicted octanol–water partition coefficient (Wildman–Crippen LogP) is 2.23. The maximum atomic E-state index is 12.9. The van der Waals surface area contributed by atoms with Crippen molar-refractivity contribution in [2.75, 3.05) is 25.7 Å². The van der Waals surface area contributed by atoms with Crippen LogP contribution >= 0.6 is 0 Å². The first-order valence-corrected chi connectivity index (χ1v) is 11.1. The van der Waals surface area contributed by atoms with Crippen molar-refractivity contribution in [2.24, 2.45) is 0 Å². The lowest BCUT2D eigenvalue weighted by Gasteiger charge is -2.18. The van der Waals surface area contributed by atoms with E-state index >= 15 is 0 Å². The normalized spacial score (nSPS) is 14.1. The Labute approximate surface area is 181 Å². The Morgan fingerprint density at radius 1 is 0.935 bits per heavy atom. The molecule has 0 atom stereocenters. The lowest BCUT2D eigenvalue weighted by Crippen LogP contribution is -2.29. The maximum Gasteiger partial charge on any atom is 0.240 e. The smallest absolute Gasteiger partial charge is 0.240 e. The van der Waals surface area contributed by atoms with Crippen LogP contribution in [0.25, 0.3) is 0 Å². The van der Waals surface area contributed by atoms with Gasteiger partial charge < -0.3 is 14.2 Å². The number of carbonyl (C=O) groups excluding carboxylic acids is 2. The summed E-state index contributed by atoms with van der Waals surface area (Å²) < 4.78 is 44.2. The van der Waals surface area contributed by atoms with E-state index in [-0.39, 0.29) is 35.7 Å². The van der Waals surface area contributed by atoms with Crippen molar-refractivity contribution in [3.63, 3.8) is 0 Å². The van der Waals surface area contributed by atoms with Gasteiger partial charge in [-0.2, -0.15) is 0 Å². The van der Waals surface area contributed by atoms with Crippen LogP contribution < -0.4 is 23.8 Å². The summed E-state index contributed by atoms with van der Waals surface area (Å²) in [6.07, 6.45) is 0.160. The van der Waals surface area contributed by atoms with Gasteiger partial charge in [0.2, 0.25) is 21.8 Å². The second kappa shape index (κ2) is 9.36. The minimum atomic E-state index is -3.94. The van der Waals surface area contributed by atoms with Crippen molar-refractivity contribution >= 4 is 27.5 Å². The van der Waals surface area contributed by atoms with E-state index in [1.807, 2.05) is 6.92 Å². The van der Waals surface area contributed by atoms with E-state index in [0.717, 1.165) is 4.90 Å². The number of amides is 2. The maximum absolute atomic E-state index is 12.9. The molecule has 0 unspecified atom stereocenters. The van der Waals surface area contributed by atoms with Gasteiger partial charge in [0.05, 0.1) is 31.4 Å². The minimum absolute atomic E-state index is 0.00927. The molecule has 2 aromatic rings. The summed E-state index contributed by atoms with van der Waals surface area (Å²) in [5.74, 6) is 0.506. The second-order valence-electron chi connectivity index (χ2n) is 6.70. The molecule has 0 aliphatic carbocycles. The first-order valence-electron chi connectivity index (χ1n) is 9.64. The van der Waals surface area contributed by atoms with Crippen LogP contribution in [0.2, 0.25) is 0 Å². The zero-order chi connectivity index (χ0) is 22.6. The summed E-state index contributed by atoms with van der Waals surface area (Å²) in [5, 5.41) is 0. The minimum Gasteiger partial charge on any atom is -0.495 e. The summed E-state index contributed by atoms with van der Waals surface area (Å²) in [4.78, 5) is 25.1. The van der Waals surface area contributed by atoms with Crippen molar-refractivity contribution in [1.29, 1.82) is 0 Å². The van der Waals surface area contributed by atoms with Crippen molar-refractivity contribution in [3.8, 4) is 17.2 Å². The number of carbonyl (C=O) groups is 2. The van der Waals surface area contributed by atoms with Crippen molar-refractivity contribution in [3.05, 3.63) is 42.0 Å². The fourth-order valence-electron chi connectivity index (χ4n) is 3.22. The molecule has 2 aromatic carbocycles. The van der Waals surface area contributed by atoms with E-state index in [9.17, 15) is 18.0 Å². The zero-order valence-electron chi connectivity index (χ0n) is 17.5. The fraction of sp³-hybridized carbons (Fsp3) is 0.333. The van der Waals surface area contributed by atoms with Gasteiger partial charge >= 0.3 is 0 Å². The number of anilines is 1. The number of imide groups is 1. The van der Waals surface area contributed by atoms with Crippen molar-refractivity contribution in [2.45, 2.75) is 31.2 Å². The van der Waals surface area contributed by atoms with Crippen molar-refractivity contribution < 1.29 is 32.2 Å². The SMILES string of the molecule is CCOc1cc(CNS(=O)(=O)c2ccc(OC)c(N3C(=O)CCC3=O)c2)ccc1OC. The van der Waals surface area contributed by atoms with E-state index in [0.29, 0.717) is 23.7 Å². The Bertz CT molecular complexity index is 1080. The van der Waals surface area contributed by atoms with Crippen LogP contribution in [0.4, 0.5) is 5.69 Å². The Hall–Kier alpha value is -3.11. The van der Waals surface area contributed by atoms with Gasteiger partial charge in [0.25, 0.3) is 0 Å². The molecule has 1 saturated heterocycles. The van der Waals surface area contributed by atoms with Crippen LogP contribution in [0.1, 0.15) is 25.3 Å². The van der Waals surface area contributed by atoms with Gasteiger partial charge in [0.1, 0.15) is 5.75 Å². The van der Waals surface area contributed by atoms with Crippen LogP contribution in [-0.2, 0) is 26.2 Å². The molecule has 31 heavy (non-hydrogen) atoms. The molecule has 1 heterocycles. The summed E-state index contributed by atoms with van der Waals surface area (Å²) in [7, 11) is -1.03. The first-order chi connectivity index (χ1) is 14.8. The highest BCUT2D eigenvalue weighted by Crippen LogP contribution is 2.34. The van der Waals surface area contributed by atoms with Crippen molar-refractivity contribution in [1.82, 2.24) is 4.72 Å². The highest BCUT2D eigenvalue weighted by Gasteiger charge is 2.33. The summed E-state index contributed by atoms with van der Waals surface area (Å²) in [5.41, 5.74) is 0.785. The Kier molecular flexibility index (Phi) is 6.81. The fourth-order valence-corrected chi connectivity index (χ4v) is 4.26. The summed E-state index contributed by atoms with van der Waals surface area (Å²) in [6.45, 7) is 2.29. The molecule has 3 rings (SSSR count). The van der Waals surface area contributed by atoms with Gasteiger partial charge in [-0.05, 0) is 42.8 Å². The Morgan fingerprint density at radius 3 is 2.19 bits per heavy atom. The molecule has 0 aromatic heterocycles. The summed E-state index contributed by atoms with van der Waals surface area (Å²) in [6, 6.07) is 9.17. The largest absolute Gasteiger partial charge is 0.495 e. The number of benzene rings is 2. The van der Waals surface area contributed by atoms with Crippen LogP contribution in [0.5, 0.6) is 17.2 Å². The zero-order valence-corrected chi connectivity index (χ0v) is 18.3. The van der Waals surface area contributed by atoms with E-state index in [4.69, 9.17) is 14.2 Å². The molecule has 166 valence electrons. The molecule has 1 aliphatic heterocycles. The van der Waals surface area contributed by atoms with E-state index < -0.39 is 21.8 Å². The highest BCUT2D eigenvalue weighted by molar-refractivity contribution is 7.89. The molecule has 0 saturated carbocycles. The third kappa shape index (κ3) is 4.80. The van der Waals surface area contributed by atoms with Gasteiger partial charge in [-0.15, -0.1) is 0 Å². The molecule has 10 heteroatoms. The molecular weight excluding hydrogens is 424 g/mol. The molecule has 1 aliphatic rings. The highest BCUT2D eigenvalue weighted by atomic mass is 32.2. The number of ether oxygens (including phenoxy) is 3. The number of rotatable bonds is 9.